The fourth-order valence-electron chi connectivity index (χ4n) is 3.47. The van der Waals surface area contributed by atoms with Crippen LogP contribution in [0.4, 0.5) is 5.69 Å². The molecule has 0 aromatic heterocycles. The first-order valence-corrected chi connectivity index (χ1v) is 9.37. The van der Waals surface area contributed by atoms with E-state index in [0.29, 0.717) is 23.6 Å². The second-order valence-electron chi connectivity index (χ2n) is 6.97. The Morgan fingerprint density at radius 3 is 2.64 bits per heavy atom. The molecule has 2 rings (SSSR count). The summed E-state index contributed by atoms with van der Waals surface area (Å²) in [6.45, 7) is 3.05. The maximum Gasteiger partial charge on any atom is 0.226 e. The molecule has 0 heterocycles. The Balaban J connectivity index is 1.75. The Bertz CT molecular complexity index is 542. The van der Waals surface area contributed by atoms with Crippen molar-refractivity contribution in [3.05, 3.63) is 18.2 Å². The molecule has 5 nitrogen and oxygen atoms in total. The fraction of sp³-hybridized carbons (Fsp3) is 0.650. The average molecular weight is 348 g/mol. The summed E-state index contributed by atoms with van der Waals surface area (Å²) in [5, 5.41) is 6.40. The molecule has 0 spiro atoms. The number of hydrogen-bond acceptors (Lipinski definition) is 4. The SMILES string of the molecule is COc1ccc(OC)c(NC(=O)CC(C)NCCC2CCCCC2)c1. The fourth-order valence-corrected chi connectivity index (χ4v) is 3.47. The predicted molar refractivity (Wildman–Crippen MR) is 101 cm³/mol. The number of carbonyl (C=O) groups is 1. The van der Waals surface area contributed by atoms with Crippen molar-refractivity contribution in [3.63, 3.8) is 0 Å². The molecule has 1 amide bonds. The molecule has 0 bridgehead atoms. The van der Waals surface area contributed by atoms with Crippen LogP contribution in [-0.4, -0.2) is 32.7 Å². The van der Waals surface area contributed by atoms with E-state index in [0.717, 1.165) is 12.5 Å². The van der Waals surface area contributed by atoms with E-state index in [1.165, 1.54) is 38.5 Å². The van der Waals surface area contributed by atoms with Crippen LogP contribution in [0.2, 0.25) is 0 Å². The van der Waals surface area contributed by atoms with Gasteiger partial charge in [0.1, 0.15) is 11.5 Å². The first kappa shape index (κ1) is 19.6. The quantitative estimate of drug-likeness (QED) is 0.709. The molecule has 0 saturated heterocycles. The molecular formula is C20H32N2O3. The first-order valence-electron chi connectivity index (χ1n) is 9.37. The van der Waals surface area contributed by atoms with Gasteiger partial charge in [-0.05, 0) is 37.9 Å². The third kappa shape index (κ3) is 6.58. The second kappa shape index (κ2) is 10.3. The van der Waals surface area contributed by atoms with E-state index in [1.807, 2.05) is 6.07 Å². The monoisotopic (exact) mass is 348 g/mol. The Kier molecular flexibility index (Phi) is 8.06. The zero-order valence-electron chi connectivity index (χ0n) is 15.8. The van der Waals surface area contributed by atoms with Crippen molar-refractivity contribution in [2.24, 2.45) is 5.92 Å². The maximum atomic E-state index is 12.3. The third-order valence-electron chi connectivity index (χ3n) is 4.94. The van der Waals surface area contributed by atoms with Crippen LogP contribution >= 0.6 is 0 Å². The first-order chi connectivity index (χ1) is 12.1. The van der Waals surface area contributed by atoms with Crippen LogP contribution in [0.5, 0.6) is 11.5 Å². The van der Waals surface area contributed by atoms with Crippen molar-refractivity contribution in [2.75, 3.05) is 26.1 Å². The normalized spacial score (nSPS) is 16.3. The molecule has 5 heteroatoms. The summed E-state index contributed by atoms with van der Waals surface area (Å²) in [5.41, 5.74) is 0.640. The summed E-state index contributed by atoms with van der Waals surface area (Å²) in [6, 6.07) is 5.53. The molecular weight excluding hydrogens is 316 g/mol. The van der Waals surface area contributed by atoms with Gasteiger partial charge in [-0.3, -0.25) is 4.79 Å². The van der Waals surface area contributed by atoms with E-state index < -0.39 is 0 Å². The third-order valence-corrected chi connectivity index (χ3v) is 4.94. The van der Waals surface area contributed by atoms with Crippen LogP contribution in [-0.2, 0) is 4.79 Å². The summed E-state index contributed by atoms with van der Waals surface area (Å²) in [7, 11) is 3.19. The summed E-state index contributed by atoms with van der Waals surface area (Å²) >= 11 is 0. The molecule has 1 atom stereocenters. The highest BCUT2D eigenvalue weighted by molar-refractivity contribution is 5.92. The van der Waals surface area contributed by atoms with Gasteiger partial charge in [0.15, 0.2) is 0 Å². The molecule has 1 aromatic rings. The van der Waals surface area contributed by atoms with Gasteiger partial charge in [0.2, 0.25) is 5.91 Å². The smallest absolute Gasteiger partial charge is 0.226 e. The van der Waals surface area contributed by atoms with E-state index >= 15 is 0 Å². The van der Waals surface area contributed by atoms with E-state index in [2.05, 4.69) is 17.6 Å². The molecule has 25 heavy (non-hydrogen) atoms. The van der Waals surface area contributed by atoms with Crippen LogP contribution in [0.15, 0.2) is 18.2 Å². The Morgan fingerprint density at radius 2 is 1.96 bits per heavy atom. The number of anilines is 1. The van der Waals surface area contributed by atoms with Crippen molar-refractivity contribution in [3.8, 4) is 11.5 Å². The predicted octanol–water partition coefficient (Wildman–Crippen LogP) is 3.98. The van der Waals surface area contributed by atoms with Gasteiger partial charge in [0.05, 0.1) is 19.9 Å². The van der Waals surface area contributed by atoms with E-state index in [1.54, 1.807) is 26.4 Å². The highest BCUT2D eigenvalue weighted by Crippen LogP contribution is 2.29. The molecule has 2 N–H and O–H groups in total. The number of amides is 1. The summed E-state index contributed by atoms with van der Waals surface area (Å²) < 4.78 is 10.5. The zero-order chi connectivity index (χ0) is 18.1. The topological polar surface area (TPSA) is 59.6 Å². The lowest BCUT2D eigenvalue weighted by atomic mass is 9.87. The standard InChI is InChI=1S/C20H32N2O3/c1-15(21-12-11-16-7-5-4-6-8-16)13-20(23)22-18-14-17(24-2)9-10-19(18)25-3/h9-10,14-16,21H,4-8,11-13H2,1-3H3,(H,22,23). The molecule has 1 aliphatic rings. The van der Waals surface area contributed by atoms with Crippen molar-refractivity contribution < 1.29 is 14.3 Å². The lowest BCUT2D eigenvalue weighted by Gasteiger charge is -2.22. The minimum Gasteiger partial charge on any atom is -0.497 e. The van der Waals surface area contributed by atoms with Gasteiger partial charge in [-0.1, -0.05) is 32.1 Å². The van der Waals surface area contributed by atoms with Gasteiger partial charge in [-0.15, -0.1) is 0 Å². The molecule has 1 unspecified atom stereocenters. The molecule has 1 aliphatic carbocycles. The van der Waals surface area contributed by atoms with Crippen LogP contribution in [0.1, 0.15) is 51.9 Å². The average Bonchev–Trinajstić information content (AvgIpc) is 2.62. The molecule has 0 radical (unpaired) electrons. The lowest BCUT2D eigenvalue weighted by Crippen LogP contribution is -2.32. The van der Waals surface area contributed by atoms with Crippen molar-refractivity contribution in [1.82, 2.24) is 5.32 Å². The molecule has 1 fully saturated rings. The van der Waals surface area contributed by atoms with Crippen LogP contribution < -0.4 is 20.1 Å². The Morgan fingerprint density at radius 1 is 1.20 bits per heavy atom. The Labute approximate surface area is 151 Å². The number of hydrogen-bond donors (Lipinski definition) is 2. The summed E-state index contributed by atoms with van der Waals surface area (Å²) in [5.74, 6) is 2.16. The van der Waals surface area contributed by atoms with Crippen molar-refractivity contribution in [2.45, 2.75) is 57.9 Å². The molecule has 140 valence electrons. The number of methoxy groups -OCH3 is 2. The number of benzene rings is 1. The summed E-state index contributed by atoms with van der Waals surface area (Å²) in [6.07, 6.45) is 8.54. The number of rotatable bonds is 9. The van der Waals surface area contributed by atoms with Crippen molar-refractivity contribution >= 4 is 11.6 Å². The maximum absolute atomic E-state index is 12.3. The lowest BCUT2D eigenvalue weighted by molar-refractivity contribution is -0.116. The second-order valence-corrected chi connectivity index (χ2v) is 6.97. The highest BCUT2D eigenvalue weighted by atomic mass is 16.5. The van der Waals surface area contributed by atoms with Crippen LogP contribution in [0.25, 0.3) is 0 Å². The van der Waals surface area contributed by atoms with E-state index in [9.17, 15) is 4.79 Å². The zero-order valence-corrected chi connectivity index (χ0v) is 15.8. The van der Waals surface area contributed by atoms with Gasteiger partial charge in [-0.2, -0.15) is 0 Å². The van der Waals surface area contributed by atoms with Gasteiger partial charge < -0.3 is 20.1 Å². The van der Waals surface area contributed by atoms with Gasteiger partial charge in [0.25, 0.3) is 0 Å². The number of ether oxygens (including phenoxy) is 2. The summed E-state index contributed by atoms with van der Waals surface area (Å²) in [4.78, 5) is 12.3. The van der Waals surface area contributed by atoms with Gasteiger partial charge in [0, 0.05) is 18.5 Å². The number of carbonyl (C=O) groups excluding carboxylic acids is 1. The van der Waals surface area contributed by atoms with Crippen LogP contribution in [0.3, 0.4) is 0 Å². The Hall–Kier alpha value is -1.75. The molecule has 0 aliphatic heterocycles. The van der Waals surface area contributed by atoms with E-state index in [4.69, 9.17) is 9.47 Å². The van der Waals surface area contributed by atoms with Gasteiger partial charge in [-0.25, -0.2) is 0 Å². The van der Waals surface area contributed by atoms with Gasteiger partial charge >= 0.3 is 0 Å². The largest absolute Gasteiger partial charge is 0.497 e. The number of nitrogens with one attached hydrogen (secondary N) is 2. The highest BCUT2D eigenvalue weighted by Gasteiger charge is 2.15. The minimum absolute atomic E-state index is 0.0239. The minimum atomic E-state index is -0.0239. The molecule has 1 saturated carbocycles. The molecule has 1 aromatic carbocycles. The van der Waals surface area contributed by atoms with Crippen molar-refractivity contribution in [1.29, 1.82) is 0 Å². The van der Waals surface area contributed by atoms with E-state index in [-0.39, 0.29) is 11.9 Å². The van der Waals surface area contributed by atoms with Crippen LogP contribution in [0, 0.1) is 5.92 Å².